The lowest BCUT2D eigenvalue weighted by atomic mass is 10.00. The van der Waals surface area contributed by atoms with Crippen LogP contribution >= 0.6 is 0 Å². The van der Waals surface area contributed by atoms with E-state index in [1.807, 2.05) is 49.7 Å². The SMILES string of the molecule is Cc1ccc(C(=O)NC2CC2)cc1N1C=NC2C(Cc3ccccc3)=NC=NC21. The van der Waals surface area contributed by atoms with Crippen LogP contribution in [-0.2, 0) is 6.42 Å². The highest BCUT2D eigenvalue weighted by Gasteiger charge is 2.37. The number of hydrogen-bond acceptors (Lipinski definition) is 5. The summed E-state index contributed by atoms with van der Waals surface area (Å²) in [4.78, 5) is 28.4. The number of nitrogens with one attached hydrogen (secondary N) is 1. The number of carbonyl (C=O) groups is 1. The van der Waals surface area contributed by atoms with Crippen LogP contribution in [0, 0.1) is 6.92 Å². The fourth-order valence-corrected chi connectivity index (χ4v) is 3.79. The van der Waals surface area contributed by atoms with Crippen molar-refractivity contribution in [1.29, 1.82) is 0 Å². The number of rotatable bonds is 5. The molecule has 2 aromatic rings. The Hall–Kier alpha value is -3.28. The Morgan fingerprint density at radius 1 is 1.14 bits per heavy atom. The molecule has 0 saturated heterocycles. The van der Waals surface area contributed by atoms with Gasteiger partial charge in [0.1, 0.15) is 12.4 Å². The summed E-state index contributed by atoms with van der Waals surface area (Å²) in [5.74, 6) is -0.0140. The molecule has 5 rings (SSSR count). The fraction of sp³-hybridized carbons (Fsp3) is 0.304. The highest BCUT2D eigenvalue weighted by atomic mass is 16.1. The van der Waals surface area contributed by atoms with Gasteiger partial charge in [-0.1, -0.05) is 36.4 Å². The Bertz CT molecular complexity index is 1020. The predicted molar refractivity (Wildman–Crippen MR) is 116 cm³/mol. The molecule has 1 amide bonds. The van der Waals surface area contributed by atoms with E-state index in [1.54, 1.807) is 6.34 Å². The third-order valence-electron chi connectivity index (χ3n) is 5.59. The molecular formula is C23H23N5O. The summed E-state index contributed by atoms with van der Waals surface area (Å²) in [5, 5.41) is 3.06. The van der Waals surface area contributed by atoms with Gasteiger partial charge in [0.2, 0.25) is 0 Å². The molecule has 1 fully saturated rings. The lowest BCUT2D eigenvalue weighted by Gasteiger charge is -2.28. The lowest BCUT2D eigenvalue weighted by molar-refractivity contribution is 0.0951. The first-order valence-corrected chi connectivity index (χ1v) is 10.0. The van der Waals surface area contributed by atoms with E-state index in [-0.39, 0.29) is 18.1 Å². The number of nitrogens with zero attached hydrogens (tertiary/aromatic N) is 4. The molecule has 2 aromatic carbocycles. The summed E-state index contributed by atoms with van der Waals surface area (Å²) in [6, 6.07) is 16.3. The second kappa shape index (κ2) is 7.28. The van der Waals surface area contributed by atoms with Crippen LogP contribution < -0.4 is 10.2 Å². The molecule has 2 atom stereocenters. The number of amides is 1. The fourth-order valence-electron chi connectivity index (χ4n) is 3.79. The minimum Gasteiger partial charge on any atom is -0.349 e. The molecule has 6 nitrogen and oxygen atoms in total. The summed E-state index contributed by atoms with van der Waals surface area (Å²) in [7, 11) is 0. The highest BCUT2D eigenvalue weighted by molar-refractivity contribution is 6.03. The van der Waals surface area contributed by atoms with Gasteiger partial charge in [-0.05, 0) is 43.0 Å². The first-order valence-electron chi connectivity index (χ1n) is 10.0. The minimum absolute atomic E-state index is 0.0140. The van der Waals surface area contributed by atoms with Crippen molar-refractivity contribution in [3.8, 4) is 0 Å². The summed E-state index contributed by atoms with van der Waals surface area (Å²) in [6.45, 7) is 2.05. The minimum atomic E-state index is -0.161. The van der Waals surface area contributed by atoms with Crippen LogP contribution in [-0.4, -0.2) is 42.5 Å². The van der Waals surface area contributed by atoms with E-state index in [0.29, 0.717) is 11.6 Å². The second-order valence-electron chi connectivity index (χ2n) is 7.83. The van der Waals surface area contributed by atoms with Gasteiger partial charge in [0.25, 0.3) is 5.91 Å². The van der Waals surface area contributed by atoms with E-state index in [9.17, 15) is 4.79 Å². The molecule has 2 heterocycles. The van der Waals surface area contributed by atoms with E-state index >= 15 is 0 Å². The average molecular weight is 385 g/mol. The third-order valence-corrected chi connectivity index (χ3v) is 5.59. The molecular weight excluding hydrogens is 362 g/mol. The van der Waals surface area contributed by atoms with Gasteiger partial charge >= 0.3 is 0 Å². The molecule has 2 unspecified atom stereocenters. The zero-order chi connectivity index (χ0) is 19.8. The Labute approximate surface area is 170 Å². The van der Waals surface area contributed by atoms with Crippen LogP contribution in [0.1, 0.15) is 34.3 Å². The number of aliphatic imine (C=N–C) groups is 3. The number of aryl methyl sites for hydroxylation is 1. The first kappa shape index (κ1) is 17.8. The first-order chi connectivity index (χ1) is 14.2. The molecule has 1 N–H and O–H groups in total. The second-order valence-corrected chi connectivity index (χ2v) is 7.83. The number of benzene rings is 2. The van der Waals surface area contributed by atoms with Gasteiger partial charge in [0.15, 0.2) is 6.17 Å². The van der Waals surface area contributed by atoms with Gasteiger partial charge in [0.05, 0.1) is 12.1 Å². The predicted octanol–water partition coefficient (Wildman–Crippen LogP) is 3.16. The normalized spacial score (nSPS) is 22.4. The molecule has 1 saturated carbocycles. The Kier molecular flexibility index (Phi) is 4.46. The summed E-state index contributed by atoms with van der Waals surface area (Å²) >= 11 is 0. The summed E-state index contributed by atoms with van der Waals surface area (Å²) in [6.07, 6.45) is 6.22. The monoisotopic (exact) mass is 385 g/mol. The van der Waals surface area contributed by atoms with Crippen molar-refractivity contribution in [2.75, 3.05) is 4.90 Å². The van der Waals surface area contributed by atoms with Crippen molar-refractivity contribution < 1.29 is 4.79 Å². The Morgan fingerprint density at radius 2 is 1.97 bits per heavy atom. The van der Waals surface area contributed by atoms with Crippen molar-refractivity contribution >= 4 is 30.0 Å². The van der Waals surface area contributed by atoms with Crippen LogP contribution in [0.2, 0.25) is 0 Å². The molecule has 0 radical (unpaired) electrons. The molecule has 6 heteroatoms. The molecule has 3 aliphatic rings. The molecule has 2 aliphatic heterocycles. The highest BCUT2D eigenvalue weighted by Crippen LogP contribution is 2.30. The zero-order valence-electron chi connectivity index (χ0n) is 16.3. The quantitative estimate of drug-likeness (QED) is 0.859. The van der Waals surface area contributed by atoms with Gasteiger partial charge < -0.3 is 10.2 Å². The van der Waals surface area contributed by atoms with Gasteiger partial charge in [-0.25, -0.2) is 9.98 Å². The maximum Gasteiger partial charge on any atom is 0.251 e. The van der Waals surface area contributed by atoms with Crippen LogP contribution in [0.25, 0.3) is 0 Å². The van der Waals surface area contributed by atoms with Crippen LogP contribution in [0.4, 0.5) is 5.69 Å². The van der Waals surface area contributed by atoms with Crippen molar-refractivity contribution in [2.24, 2.45) is 15.0 Å². The van der Waals surface area contributed by atoms with Gasteiger partial charge in [0, 0.05) is 23.7 Å². The number of anilines is 1. The summed E-state index contributed by atoms with van der Waals surface area (Å²) in [5.41, 5.74) is 4.94. The van der Waals surface area contributed by atoms with E-state index in [0.717, 1.165) is 36.2 Å². The standard InChI is InChI=1S/C23H23N5O/c1-15-7-8-17(23(29)27-18-9-10-18)12-20(15)28-14-26-21-19(24-13-25-22(21)28)11-16-5-3-2-4-6-16/h2-8,12-14,18,21-22H,9-11H2,1H3,(H,27,29). The van der Waals surface area contributed by atoms with Crippen molar-refractivity contribution in [3.05, 3.63) is 65.2 Å². The lowest BCUT2D eigenvalue weighted by Crippen LogP contribution is -2.42. The Balaban J connectivity index is 1.38. The van der Waals surface area contributed by atoms with E-state index in [1.165, 1.54) is 5.56 Å². The smallest absolute Gasteiger partial charge is 0.251 e. The maximum atomic E-state index is 12.5. The topological polar surface area (TPSA) is 69.4 Å². The van der Waals surface area contributed by atoms with Crippen LogP contribution in [0.3, 0.4) is 0 Å². The zero-order valence-corrected chi connectivity index (χ0v) is 16.3. The third kappa shape index (κ3) is 3.58. The maximum absolute atomic E-state index is 12.5. The molecule has 1 aliphatic carbocycles. The van der Waals surface area contributed by atoms with Gasteiger partial charge in [-0.2, -0.15) is 0 Å². The van der Waals surface area contributed by atoms with E-state index in [2.05, 4.69) is 32.3 Å². The number of hydrogen-bond donors (Lipinski definition) is 1. The van der Waals surface area contributed by atoms with Gasteiger partial charge in [-0.15, -0.1) is 0 Å². The van der Waals surface area contributed by atoms with Gasteiger partial charge in [-0.3, -0.25) is 9.79 Å². The Morgan fingerprint density at radius 3 is 2.76 bits per heavy atom. The largest absolute Gasteiger partial charge is 0.349 e. The van der Waals surface area contributed by atoms with Crippen molar-refractivity contribution in [2.45, 2.75) is 44.4 Å². The average Bonchev–Trinajstić information content (AvgIpc) is 3.45. The molecule has 0 aromatic heterocycles. The number of fused-ring (bicyclic) bond motifs is 1. The van der Waals surface area contributed by atoms with Crippen molar-refractivity contribution in [3.63, 3.8) is 0 Å². The number of carbonyl (C=O) groups excluding carboxylic acids is 1. The molecule has 0 spiro atoms. The molecule has 0 bridgehead atoms. The molecule has 29 heavy (non-hydrogen) atoms. The summed E-state index contributed by atoms with van der Waals surface area (Å²) < 4.78 is 0. The van der Waals surface area contributed by atoms with E-state index in [4.69, 9.17) is 4.99 Å². The van der Waals surface area contributed by atoms with Crippen LogP contribution in [0.15, 0.2) is 63.5 Å². The van der Waals surface area contributed by atoms with Crippen LogP contribution in [0.5, 0.6) is 0 Å². The van der Waals surface area contributed by atoms with Crippen molar-refractivity contribution in [1.82, 2.24) is 5.32 Å². The van der Waals surface area contributed by atoms with E-state index < -0.39 is 0 Å². The molecule has 146 valence electrons.